The Bertz CT molecular complexity index is 585. The van der Waals surface area contributed by atoms with Crippen molar-refractivity contribution in [3.63, 3.8) is 0 Å². The van der Waals surface area contributed by atoms with Crippen molar-refractivity contribution in [1.82, 2.24) is 15.0 Å². The maximum Gasteiger partial charge on any atom is 0.276 e. The summed E-state index contributed by atoms with van der Waals surface area (Å²) in [7, 11) is 0. The third-order valence-electron chi connectivity index (χ3n) is 3.36. The molecule has 0 radical (unpaired) electrons. The van der Waals surface area contributed by atoms with Gasteiger partial charge in [-0.05, 0) is 5.92 Å². The van der Waals surface area contributed by atoms with Gasteiger partial charge in [0.25, 0.3) is 5.91 Å². The smallest absolute Gasteiger partial charge is 0.276 e. The van der Waals surface area contributed by atoms with Crippen LogP contribution in [0.4, 0.5) is 0 Å². The molecule has 0 aromatic carbocycles. The van der Waals surface area contributed by atoms with E-state index in [-0.39, 0.29) is 5.91 Å². The molecule has 6 heteroatoms. The first-order valence-electron chi connectivity index (χ1n) is 6.77. The molecule has 1 saturated heterocycles. The van der Waals surface area contributed by atoms with Gasteiger partial charge in [0.2, 0.25) is 0 Å². The highest BCUT2D eigenvalue weighted by atomic mass is 32.1. The lowest BCUT2D eigenvalue weighted by atomic mass is 10.0. The predicted molar refractivity (Wildman–Crippen MR) is 75.8 cm³/mol. The number of thiazole rings is 1. The second kappa shape index (κ2) is 5.36. The Hall–Kier alpha value is -1.69. The zero-order chi connectivity index (χ0) is 14.1. The fourth-order valence-electron chi connectivity index (χ4n) is 2.31. The number of carbonyl (C=O) groups is 1. The van der Waals surface area contributed by atoms with Crippen LogP contribution < -0.4 is 0 Å². The number of aromatic nitrogens is 2. The summed E-state index contributed by atoms with van der Waals surface area (Å²) in [5.41, 5.74) is 0.415. The molecule has 0 saturated carbocycles. The number of carbonyl (C=O) groups excluding carboxylic acids is 1. The van der Waals surface area contributed by atoms with Gasteiger partial charge in [-0.25, -0.2) is 4.98 Å². The third-order valence-corrected chi connectivity index (χ3v) is 4.29. The highest BCUT2D eigenvalue weighted by molar-refractivity contribution is 7.09. The van der Waals surface area contributed by atoms with Crippen LogP contribution in [0.2, 0.25) is 0 Å². The summed E-state index contributed by atoms with van der Waals surface area (Å²) in [5.74, 6) is 1.60. The van der Waals surface area contributed by atoms with Crippen LogP contribution in [0.15, 0.2) is 22.2 Å². The summed E-state index contributed by atoms with van der Waals surface area (Å²) in [4.78, 5) is 18.3. The standard InChI is InChI=1S/C14H17N3O2S/c1-9(2)5-11-6-12(16-19-11)14(18)17-7-10(8-17)13-15-3-4-20-13/h3-4,6,9-10H,5,7-8H2,1-2H3. The zero-order valence-electron chi connectivity index (χ0n) is 11.6. The number of likely N-dealkylation sites (tertiary alicyclic amines) is 1. The Kier molecular flexibility index (Phi) is 3.56. The van der Waals surface area contributed by atoms with Gasteiger partial charge < -0.3 is 9.42 Å². The molecule has 20 heavy (non-hydrogen) atoms. The van der Waals surface area contributed by atoms with E-state index < -0.39 is 0 Å². The van der Waals surface area contributed by atoms with Gasteiger partial charge in [0.15, 0.2) is 5.69 Å². The summed E-state index contributed by atoms with van der Waals surface area (Å²) < 4.78 is 5.21. The lowest BCUT2D eigenvalue weighted by Gasteiger charge is -2.37. The average Bonchev–Trinajstić information content (AvgIpc) is 2.97. The third kappa shape index (κ3) is 2.60. The van der Waals surface area contributed by atoms with Gasteiger partial charge in [-0.3, -0.25) is 4.79 Å². The van der Waals surface area contributed by atoms with Crippen LogP contribution in [0.25, 0.3) is 0 Å². The van der Waals surface area contributed by atoms with Crippen molar-refractivity contribution in [3.05, 3.63) is 34.1 Å². The topological polar surface area (TPSA) is 59.2 Å². The van der Waals surface area contributed by atoms with Gasteiger partial charge in [-0.15, -0.1) is 11.3 Å². The van der Waals surface area contributed by atoms with Crippen molar-refractivity contribution in [3.8, 4) is 0 Å². The summed E-state index contributed by atoms with van der Waals surface area (Å²) in [5, 5.41) is 6.95. The monoisotopic (exact) mass is 291 g/mol. The van der Waals surface area contributed by atoms with Crippen molar-refractivity contribution < 1.29 is 9.32 Å². The Balaban J connectivity index is 1.59. The molecule has 0 aliphatic carbocycles. The second-order valence-electron chi connectivity index (χ2n) is 5.55. The van der Waals surface area contributed by atoms with Crippen LogP contribution in [0.3, 0.4) is 0 Å². The molecule has 1 fully saturated rings. The van der Waals surface area contributed by atoms with Crippen LogP contribution >= 0.6 is 11.3 Å². The van der Waals surface area contributed by atoms with Gasteiger partial charge in [0.1, 0.15) is 5.76 Å². The fourth-order valence-corrected chi connectivity index (χ4v) is 3.04. The largest absolute Gasteiger partial charge is 0.361 e. The van der Waals surface area contributed by atoms with E-state index in [0.717, 1.165) is 30.3 Å². The quantitative estimate of drug-likeness (QED) is 0.868. The van der Waals surface area contributed by atoms with E-state index in [1.807, 2.05) is 5.38 Å². The summed E-state index contributed by atoms with van der Waals surface area (Å²) >= 11 is 1.64. The van der Waals surface area contributed by atoms with E-state index in [1.54, 1.807) is 28.5 Å². The molecule has 2 aromatic rings. The first kappa shape index (κ1) is 13.3. The summed E-state index contributed by atoms with van der Waals surface area (Å²) in [6, 6.07) is 1.76. The zero-order valence-corrected chi connectivity index (χ0v) is 12.4. The van der Waals surface area contributed by atoms with Crippen LogP contribution in [-0.2, 0) is 6.42 Å². The minimum Gasteiger partial charge on any atom is -0.361 e. The molecule has 0 unspecified atom stereocenters. The molecule has 5 nitrogen and oxygen atoms in total. The van der Waals surface area contributed by atoms with Crippen LogP contribution in [0, 0.1) is 5.92 Å². The Morgan fingerprint density at radius 2 is 2.35 bits per heavy atom. The second-order valence-corrected chi connectivity index (χ2v) is 6.48. The number of hydrogen-bond donors (Lipinski definition) is 0. The average molecular weight is 291 g/mol. The van der Waals surface area contributed by atoms with E-state index in [2.05, 4.69) is 24.0 Å². The number of rotatable bonds is 4. The van der Waals surface area contributed by atoms with Gasteiger partial charge >= 0.3 is 0 Å². The highest BCUT2D eigenvalue weighted by Crippen LogP contribution is 2.29. The minimum atomic E-state index is -0.0448. The summed E-state index contributed by atoms with van der Waals surface area (Å²) in [6.07, 6.45) is 2.61. The minimum absolute atomic E-state index is 0.0448. The first-order chi connectivity index (χ1) is 9.63. The Morgan fingerprint density at radius 3 is 3.00 bits per heavy atom. The van der Waals surface area contributed by atoms with Crippen molar-refractivity contribution in [1.29, 1.82) is 0 Å². The van der Waals surface area contributed by atoms with Crippen molar-refractivity contribution in [2.24, 2.45) is 5.92 Å². The maximum atomic E-state index is 12.2. The van der Waals surface area contributed by atoms with Crippen molar-refractivity contribution in [2.45, 2.75) is 26.2 Å². The molecule has 1 aliphatic rings. The van der Waals surface area contributed by atoms with Crippen LogP contribution in [0.5, 0.6) is 0 Å². The molecule has 0 atom stereocenters. The van der Waals surface area contributed by atoms with Gasteiger partial charge in [-0.2, -0.15) is 0 Å². The van der Waals surface area contributed by atoms with E-state index in [0.29, 0.717) is 17.5 Å². The molecule has 106 valence electrons. The molecule has 0 spiro atoms. The molecular weight excluding hydrogens is 274 g/mol. The predicted octanol–water partition coefficient (Wildman–Crippen LogP) is 2.57. The molecule has 0 bridgehead atoms. The maximum absolute atomic E-state index is 12.2. The molecule has 1 amide bonds. The SMILES string of the molecule is CC(C)Cc1cc(C(=O)N2CC(c3nccs3)C2)no1. The van der Waals surface area contributed by atoms with Gasteiger partial charge in [0, 0.05) is 43.1 Å². The van der Waals surface area contributed by atoms with Gasteiger partial charge in [-0.1, -0.05) is 19.0 Å². The fraction of sp³-hybridized carbons (Fsp3) is 0.500. The van der Waals surface area contributed by atoms with Crippen LogP contribution in [0.1, 0.15) is 41.0 Å². The number of amides is 1. The van der Waals surface area contributed by atoms with E-state index in [1.165, 1.54) is 0 Å². The molecule has 2 aromatic heterocycles. The number of hydrogen-bond acceptors (Lipinski definition) is 5. The normalized spacial score (nSPS) is 15.7. The lowest BCUT2D eigenvalue weighted by molar-refractivity contribution is 0.0591. The van der Waals surface area contributed by atoms with E-state index >= 15 is 0 Å². The van der Waals surface area contributed by atoms with E-state index in [4.69, 9.17) is 4.52 Å². The molecule has 3 heterocycles. The molecule has 0 N–H and O–H groups in total. The van der Waals surface area contributed by atoms with Crippen molar-refractivity contribution >= 4 is 17.2 Å². The molecule has 1 aliphatic heterocycles. The lowest BCUT2D eigenvalue weighted by Crippen LogP contribution is -2.48. The van der Waals surface area contributed by atoms with Crippen LogP contribution in [-0.4, -0.2) is 34.0 Å². The molecular formula is C14H17N3O2S. The highest BCUT2D eigenvalue weighted by Gasteiger charge is 2.34. The van der Waals surface area contributed by atoms with Crippen molar-refractivity contribution in [2.75, 3.05) is 13.1 Å². The Labute approximate surface area is 121 Å². The first-order valence-corrected chi connectivity index (χ1v) is 7.65. The number of nitrogens with zero attached hydrogens (tertiary/aromatic N) is 3. The van der Waals surface area contributed by atoms with Gasteiger partial charge in [0.05, 0.1) is 5.01 Å². The van der Waals surface area contributed by atoms with E-state index in [9.17, 15) is 4.79 Å². The molecule has 3 rings (SSSR count). The summed E-state index contributed by atoms with van der Waals surface area (Å²) in [6.45, 7) is 5.66. The Morgan fingerprint density at radius 1 is 1.55 bits per heavy atom.